The standard InChI is InChI=1S/C13H15NO/c15-13-8-10-4-1-2-5-11(10)9-14(13)12-6-3-7-12/h1-2,4-5,12H,3,6-9H2. The van der Waals surface area contributed by atoms with Crippen LogP contribution in [0.4, 0.5) is 0 Å². The van der Waals surface area contributed by atoms with Crippen LogP contribution in [0.3, 0.4) is 0 Å². The van der Waals surface area contributed by atoms with Gasteiger partial charge in [-0.1, -0.05) is 24.3 Å². The number of amides is 1. The molecule has 0 unspecified atom stereocenters. The van der Waals surface area contributed by atoms with Crippen LogP contribution in [0.15, 0.2) is 24.3 Å². The quantitative estimate of drug-likeness (QED) is 0.681. The zero-order valence-corrected chi connectivity index (χ0v) is 8.78. The van der Waals surface area contributed by atoms with Crippen LogP contribution in [0.1, 0.15) is 30.4 Å². The third-order valence-corrected chi connectivity index (χ3v) is 3.64. The SMILES string of the molecule is O=C1Cc2ccccc2CN1C1CCC1. The molecule has 0 radical (unpaired) electrons. The number of rotatable bonds is 1. The van der Waals surface area contributed by atoms with Crippen LogP contribution in [0, 0.1) is 0 Å². The predicted octanol–water partition coefficient (Wildman–Crippen LogP) is 2.12. The van der Waals surface area contributed by atoms with Crippen molar-refractivity contribution in [2.24, 2.45) is 0 Å². The molecule has 0 aromatic heterocycles. The summed E-state index contributed by atoms with van der Waals surface area (Å²) in [6, 6.07) is 8.84. The molecule has 0 spiro atoms. The number of carbonyl (C=O) groups is 1. The highest BCUT2D eigenvalue weighted by Crippen LogP contribution is 2.30. The molecule has 1 aliphatic heterocycles. The Balaban J connectivity index is 1.88. The maximum absolute atomic E-state index is 11.9. The molecule has 1 aromatic carbocycles. The van der Waals surface area contributed by atoms with Crippen molar-refractivity contribution in [3.8, 4) is 0 Å². The van der Waals surface area contributed by atoms with Gasteiger partial charge in [0.1, 0.15) is 0 Å². The van der Waals surface area contributed by atoms with Gasteiger partial charge in [-0.25, -0.2) is 0 Å². The summed E-state index contributed by atoms with van der Waals surface area (Å²) in [5.74, 6) is 0.318. The molecular weight excluding hydrogens is 186 g/mol. The smallest absolute Gasteiger partial charge is 0.227 e. The van der Waals surface area contributed by atoms with Crippen LogP contribution in [0.2, 0.25) is 0 Å². The first-order chi connectivity index (χ1) is 7.34. The van der Waals surface area contributed by atoms with Gasteiger partial charge in [0.05, 0.1) is 6.42 Å². The average Bonchev–Trinajstić information content (AvgIpc) is 2.16. The third-order valence-electron chi connectivity index (χ3n) is 3.64. The minimum atomic E-state index is 0.318. The van der Waals surface area contributed by atoms with Gasteiger partial charge in [-0.15, -0.1) is 0 Å². The van der Waals surface area contributed by atoms with Gasteiger partial charge in [-0.2, -0.15) is 0 Å². The van der Waals surface area contributed by atoms with Crippen LogP contribution in [-0.2, 0) is 17.8 Å². The van der Waals surface area contributed by atoms with Gasteiger partial charge in [0.15, 0.2) is 0 Å². The van der Waals surface area contributed by atoms with Crippen molar-refractivity contribution in [2.45, 2.75) is 38.3 Å². The fraction of sp³-hybridized carbons (Fsp3) is 0.462. The lowest BCUT2D eigenvalue weighted by Crippen LogP contribution is -2.46. The van der Waals surface area contributed by atoms with Crippen molar-refractivity contribution in [1.29, 1.82) is 0 Å². The second-order valence-corrected chi connectivity index (χ2v) is 4.55. The highest BCUT2D eigenvalue weighted by molar-refractivity contribution is 5.81. The van der Waals surface area contributed by atoms with E-state index >= 15 is 0 Å². The van der Waals surface area contributed by atoms with Crippen molar-refractivity contribution in [1.82, 2.24) is 4.90 Å². The molecule has 1 saturated carbocycles. The fourth-order valence-corrected chi connectivity index (χ4v) is 2.45. The van der Waals surface area contributed by atoms with Crippen molar-refractivity contribution in [2.75, 3.05) is 0 Å². The molecule has 0 saturated heterocycles. The van der Waals surface area contributed by atoms with Gasteiger partial charge in [0, 0.05) is 12.6 Å². The molecular formula is C13H15NO. The lowest BCUT2D eigenvalue weighted by molar-refractivity contribution is -0.136. The minimum absolute atomic E-state index is 0.318. The summed E-state index contributed by atoms with van der Waals surface area (Å²) in [5, 5.41) is 0. The van der Waals surface area contributed by atoms with E-state index in [1.807, 2.05) is 6.07 Å². The number of fused-ring (bicyclic) bond motifs is 1. The Morgan fingerprint density at radius 3 is 2.53 bits per heavy atom. The summed E-state index contributed by atoms with van der Waals surface area (Å²) < 4.78 is 0. The van der Waals surface area contributed by atoms with Gasteiger partial charge in [0.25, 0.3) is 0 Å². The van der Waals surface area contributed by atoms with E-state index < -0.39 is 0 Å². The number of hydrogen-bond acceptors (Lipinski definition) is 1. The summed E-state index contributed by atoms with van der Waals surface area (Å²) >= 11 is 0. The molecule has 1 aromatic rings. The van der Waals surface area contributed by atoms with Crippen molar-refractivity contribution < 1.29 is 4.79 Å². The number of nitrogens with zero attached hydrogens (tertiary/aromatic N) is 1. The van der Waals surface area contributed by atoms with E-state index in [4.69, 9.17) is 0 Å². The normalized spacial score (nSPS) is 21.1. The monoisotopic (exact) mass is 201 g/mol. The van der Waals surface area contributed by atoms with Crippen LogP contribution in [0.25, 0.3) is 0 Å². The molecule has 0 bridgehead atoms. The lowest BCUT2D eigenvalue weighted by Gasteiger charge is -2.40. The Morgan fingerprint density at radius 1 is 1.13 bits per heavy atom. The first-order valence-electron chi connectivity index (χ1n) is 5.71. The molecule has 1 heterocycles. The molecule has 1 amide bonds. The van der Waals surface area contributed by atoms with E-state index in [2.05, 4.69) is 23.1 Å². The molecule has 2 heteroatoms. The van der Waals surface area contributed by atoms with E-state index in [9.17, 15) is 4.79 Å². The van der Waals surface area contributed by atoms with Gasteiger partial charge in [0.2, 0.25) is 5.91 Å². The van der Waals surface area contributed by atoms with E-state index in [0.717, 1.165) is 6.54 Å². The summed E-state index contributed by atoms with van der Waals surface area (Å²) in [6.07, 6.45) is 4.30. The third kappa shape index (κ3) is 1.44. The molecule has 15 heavy (non-hydrogen) atoms. The van der Waals surface area contributed by atoms with Gasteiger partial charge in [-0.3, -0.25) is 4.79 Å². The van der Waals surface area contributed by atoms with Crippen LogP contribution < -0.4 is 0 Å². The molecule has 0 N–H and O–H groups in total. The summed E-state index contributed by atoms with van der Waals surface area (Å²) in [7, 11) is 0. The first-order valence-corrected chi connectivity index (χ1v) is 5.71. The second kappa shape index (κ2) is 3.37. The zero-order valence-electron chi connectivity index (χ0n) is 8.78. The van der Waals surface area contributed by atoms with Crippen LogP contribution >= 0.6 is 0 Å². The lowest BCUT2D eigenvalue weighted by atomic mass is 9.88. The van der Waals surface area contributed by atoms with Gasteiger partial charge >= 0.3 is 0 Å². The zero-order chi connectivity index (χ0) is 10.3. The average molecular weight is 201 g/mol. The molecule has 2 nitrogen and oxygen atoms in total. The van der Waals surface area contributed by atoms with Crippen LogP contribution in [0.5, 0.6) is 0 Å². The van der Waals surface area contributed by atoms with Crippen molar-refractivity contribution in [3.05, 3.63) is 35.4 Å². The molecule has 78 valence electrons. The van der Waals surface area contributed by atoms with E-state index in [-0.39, 0.29) is 0 Å². The van der Waals surface area contributed by atoms with E-state index in [1.165, 1.54) is 30.4 Å². The maximum atomic E-state index is 11.9. The van der Waals surface area contributed by atoms with Crippen molar-refractivity contribution >= 4 is 5.91 Å². The van der Waals surface area contributed by atoms with E-state index in [0.29, 0.717) is 18.4 Å². The molecule has 3 rings (SSSR count). The molecule has 2 aliphatic rings. The second-order valence-electron chi connectivity index (χ2n) is 4.55. The minimum Gasteiger partial charge on any atom is -0.335 e. The first kappa shape index (κ1) is 8.96. The Labute approximate surface area is 89.9 Å². The highest BCUT2D eigenvalue weighted by atomic mass is 16.2. The predicted molar refractivity (Wildman–Crippen MR) is 58.3 cm³/mol. The Morgan fingerprint density at radius 2 is 1.87 bits per heavy atom. The number of hydrogen-bond donors (Lipinski definition) is 0. The van der Waals surface area contributed by atoms with E-state index in [1.54, 1.807) is 0 Å². The largest absolute Gasteiger partial charge is 0.335 e. The molecule has 1 aliphatic carbocycles. The van der Waals surface area contributed by atoms with Crippen molar-refractivity contribution in [3.63, 3.8) is 0 Å². The number of benzene rings is 1. The fourth-order valence-electron chi connectivity index (χ4n) is 2.45. The Kier molecular flexibility index (Phi) is 2.01. The summed E-state index contributed by atoms with van der Waals surface area (Å²) in [6.45, 7) is 0.833. The Hall–Kier alpha value is -1.31. The van der Waals surface area contributed by atoms with Gasteiger partial charge < -0.3 is 4.90 Å². The Bertz CT molecular complexity index is 395. The molecule has 1 fully saturated rings. The molecule has 0 atom stereocenters. The van der Waals surface area contributed by atoms with Crippen LogP contribution in [-0.4, -0.2) is 16.8 Å². The summed E-state index contributed by atoms with van der Waals surface area (Å²) in [4.78, 5) is 14.0. The maximum Gasteiger partial charge on any atom is 0.227 e. The highest BCUT2D eigenvalue weighted by Gasteiger charge is 2.31. The number of carbonyl (C=O) groups excluding carboxylic acids is 1. The topological polar surface area (TPSA) is 20.3 Å². The summed E-state index contributed by atoms with van der Waals surface area (Å²) in [5.41, 5.74) is 2.56. The van der Waals surface area contributed by atoms with Gasteiger partial charge in [-0.05, 0) is 30.4 Å².